The zero-order valence-electron chi connectivity index (χ0n) is 17.5. The van der Waals surface area contributed by atoms with E-state index in [4.69, 9.17) is 9.47 Å². The van der Waals surface area contributed by atoms with E-state index in [1.165, 1.54) is 0 Å². The van der Waals surface area contributed by atoms with Crippen molar-refractivity contribution in [1.82, 2.24) is 20.2 Å². The minimum atomic E-state index is -0.245. The fourth-order valence-corrected chi connectivity index (χ4v) is 3.39. The summed E-state index contributed by atoms with van der Waals surface area (Å²) in [7, 11) is 5.15. The highest BCUT2D eigenvalue weighted by molar-refractivity contribution is 5.77. The Balaban J connectivity index is 1.70. The zero-order valence-corrected chi connectivity index (χ0v) is 17.5. The van der Waals surface area contributed by atoms with E-state index < -0.39 is 0 Å². The van der Waals surface area contributed by atoms with Crippen LogP contribution in [0.4, 0.5) is 4.79 Å². The average molecular weight is 396 g/mol. The summed E-state index contributed by atoms with van der Waals surface area (Å²) >= 11 is 0. The number of rotatable bonds is 7. The molecule has 3 rings (SSSR count). The van der Waals surface area contributed by atoms with Crippen LogP contribution in [0.5, 0.6) is 11.5 Å². The second-order valence-corrected chi connectivity index (χ2v) is 7.24. The van der Waals surface area contributed by atoms with Crippen molar-refractivity contribution in [3.63, 3.8) is 0 Å². The number of para-hydroxylation sites is 2. The van der Waals surface area contributed by atoms with Crippen molar-refractivity contribution in [1.29, 1.82) is 0 Å². The number of methoxy groups -OCH3 is 2. The Kier molecular flexibility index (Phi) is 6.26. The van der Waals surface area contributed by atoms with Gasteiger partial charge in [-0.05, 0) is 35.7 Å². The maximum Gasteiger partial charge on any atom is 0.315 e. The van der Waals surface area contributed by atoms with Crippen molar-refractivity contribution < 1.29 is 14.3 Å². The van der Waals surface area contributed by atoms with Gasteiger partial charge in [0.2, 0.25) is 0 Å². The molecule has 0 aliphatic heterocycles. The maximum absolute atomic E-state index is 12.6. The number of ether oxygens (including phenoxy) is 2. The second-order valence-electron chi connectivity index (χ2n) is 7.24. The lowest BCUT2D eigenvalue weighted by Gasteiger charge is -2.24. The monoisotopic (exact) mass is 396 g/mol. The highest BCUT2D eigenvalue weighted by atomic mass is 16.5. The smallest absolute Gasteiger partial charge is 0.315 e. The fourth-order valence-electron chi connectivity index (χ4n) is 3.39. The lowest BCUT2D eigenvalue weighted by Crippen LogP contribution is -2.39. The molecule has 0 saturated heterocycles. The molecular formula is C22H28N4O3. The van der Waals surface area contributed by atoms with Crippen molar-refractivity contribution in [3.8, 4) is 11.5 Å². The van der Waals surface area contributed by atoms with Gasteiger partial charge in [0, 0.05) is 7.05 Å². The van der Waals surface area contributed by atoms with E-state index in [0.717, 1.165) is 22.4 Å². The topological polar surface area (TPSA) is 77.4 Å². The predicted molar refractivity (Wildman–Crippen MR) is 113 cm³/mol. The van der Waals surface area contributed by atoms with Crippen LogP contribution in [-0.2, 0) is 13.6 Å². The van der Waals surface area contributed by atoms with Gasteiger partial charge in [-0.15, -0.1) is 0 Å². The Labute approximate surface area is 171 Å². The van der Waals surface area contributed by atoms with Gasteiger partial charge in [-0.25, -0.2) is 9.78 Å². The van der Waals surface area contributed by atoms with Crippen LogP contribution in [0, 0.1) is 5.92 Å². The van der Waals surface area contributed by atoms with Crippen LogP contribution in [0.15, 0.2) is 42.5 Å². The van der Waals surface area contributed by atoms with Gasteiger partial charge in [0.1, 0.15) is 5.82 Å². The number of carbonyl (C=O) groups is 1. The maximum atomic E-state index is 12.6. The number of aryl methyl sites for hydroxylation is 1. The normalized spacial score (nSPS) is 12.1. The molecule has 3 aromatic rings. The third kappa shape index (κ3) is 4.45. The molecular weight excluding hydrogens is 368 g/mol. The number of fused-ring (bicyclic) bond motifs is 1. The van der Waals surface area contributed by atoms with Gasteiger partial charge >= 0.3 is 6.03 Å². The summed E-state index contributed by atoms with van der Waals surface area (Å²) in [5, 5.41) is 5.98. The Hall–Kier alpha value is -3.22. The third-order valence-electron chi connectivity index (χ3n) is 5.01. The van der Waals surface area contributed by atoms with E-state index in [1.54, 1.807) is 14.2 Å². The molecule has 0 aliphatic carbocycles. The Morgan fingerprint density at radius 1 is 1.10 bits per heavy atom. The molecule has 0 unspecified atom stereocenters. The minimum Gasteiger partial charge on any atom is -0.493 e. The van der Waals surface area contributed by atoms with E-state index in [-0.39, 0.29) is 18.0 Å². The minimum absolute atomic E-state index is 0.171. The number of amides is 2. The van der Waals surface area contributed by atoms with Gasteiger partial charge in [-0.2, -0.15) is 0 Å². The van der Waals surface area contributed by atoms with Gasteiger partial charge < -0.3 is 24.7 Å². The number of carbonyl (C=O) groups excluding carboxylic acids is 1. The van der Waals surface area contributed by atoms with E-state index in [0.29, 0.717) is 18.0 Å². The van der Waals surface area contributed by atoms with Crippen molar-refractivity contribution in [2.75, 3.05) is 14.2 Å². The molecule has 0 fully saturated rings. The third-order valence-corrected chi connectivity index (χ3v) is 5.01. The second kappa shape index (κ2) is 8.86. The summed E-state index contributed by atoms with van der Waals surface area (Å²) in [5.74, 6) is 2.28. The number of hydrogen-bond acceptors (Lipinski definition) is 4. The van der Waals surface area contributed by atoms with Crippen LogP contribution in [0.1, 0.15) is 31.3 Å². The summed E-state index contributed by atoms with van der Waals surface area (Å²) in [4.78, 5) is 17.2. The summed E-state index contributed by atoms with van der Waals surface area (Å²) in [6.45, 7) is 4.47. The zero-order chi connectivity index (χ0) is 21.0. The largest absolute Gasteiger partial charge is 0.493 e. The molecule has 1 aromatic heterocycles. The molecule has 1 heterocycles. The molecule has 0 radical (unpaired) electrons. The van der Waals surface area contributed by atoms with Crippen molar-refractivity contribution >= 4 is 17.1 Å². The molecule has 2 aromatic carbocycles. The lowest BCUT2D eigenvalue weighted by molar-refractivity contribution is 0.232. The molecule has 7 heteroatoms. The molecule has 154 valence electrons. The average Bonchev–Trinajstić information content (AvgIpc) is 3.05. The fraction of sp³-hybridized carbons (Fsp3) is 0.364. The molecule has 0 aliphatic rings. The van der Waals surface area contributed by atoms with E-state index in [9.17, 15) is 4.79 Å². The number of aromatic nitrogens is 2. The first kappa shape index (κ1) is 20.5. The van der Waals surface area contributed by atoms with Gasteiger partial charge in [0.25, 0.3) is 0 Å². The quantitative estimate of drug-likeness (QED) is 0.637. The number of benzene rings is 2. The SMILES string of the molecule is COc1ccc([C@@H](NC(=O)NCc2nc3ccccc3n2C)C(C)C)cc1OC. The lowest BCUT2D eigenvalue weighted by atomic mass is 9.96. The highest BCUT2D eigenvalue weighted by Crippen LogP contribution is 2.32. The number of urea groups is 1. The summed E-state index contributed by atoms with van der Waals surface area (Å²) in [6.07, 6.45) is 0. The van der Waals surface area contributed by atoms with Crippen LogP contribution in [-0.4, -0.2) is 29.8 Å². The summed E-state index contributed by atoms with van der Waals surface area (Å²) in [5.41, 5.74) is 2.91. The first-order chi connectivity index (χ1) is 13.9. The first-order valence-corrected chi connectivity index (χ1v) is 9.61. The molecule has 29 heavy (non-hydrogen) atoms. The molecule has 0 saturated carbocycles. The standard InChI is InChI=1S/C22H28N4O3/c1-14(2)21(15-10-11-18(28-4)19(12-15)29-5)25-22(27)23-13-20-24-16-8-6-7-9-17(16)26(20)3/h6-12,14,21H,13H2,1-5H3,(H2,23,25,27)/t21-/m0/s1. The number of hydrogen-bond donors (Lipinski definition) is 2. The summed E-state index contributed by atoms with van der Waals surface area (Å²) in [6, 6.07) is 13.2. The first-order valence-electron chi connectivity index (χ1n) is 9.61. The Morgan fingerprint density at radius 3 is 2.48 bits per heavy atom. The van der Waals surface area contributed by atoms with E-state index in [1.807, 2.05) is 54.1 Å². The van der Waals surface area contributed by atoms with E-state index >= 15 is 0 Å². The number of imidazole rings is 1. The van der Waals surface area contributed by atoms with Crippen molar-refractivity contribution in [2.45, 2.75) is 26.4 Å². The Bertz CT molecular complexity index is 997. The highest BCUT2D eigenvalue weighted by Gasteiger charge is 2.20. The number of nitrogens with one attached hydrogen (secondary N) is 2. The van der Waals surface area contributed by atoms with Crippen LogP contribution >= 0.6 is 0 Å². The van der Waals surface area contributed by atoms with Gasteiger partial charge in [0.05, 0.1) is 37.8 Å². The number of nitrogens with zero attached hydrogens (tertiary/aromatic N) is 2. The van der Waals surface area contributed by atoms with Crippen LogP contribution in [0.2, 0.25) is 0 Å². The van der Waals surface area contributed by atoms with Crippen molar-refractivity contribution in [3.05, 3.63) is 53.9 Å². The van der Waals surface area contributed by atoms with Gasteiger partial charge in [-0.3, -0.25) is 0 Å². The summed E-state index contributed by atoms with van der Waals surface area (Å²) < 4.78 is 12.7. The Morgan fingerprint density at radius 2 is 1.83 bits per heavy atom. The molecule has 0 spiro atoms. The molecule has 2 N–H and O–H groups in total. The molecule has 2 amide bonds. The van der Waals surface area contributed by atoms with E-state index in [2.05, 4.69) is 29.5 Å². The van der Waals surface area contributed by atoms with Crippen LogP contribution < -0.4 is 20.1 Å². The molecule has 0 bridgehead atoms. The molecule has 1 atom stereocenters. The van der Waals surface area contributed by atoms with Gasteiger partial charge in [0.15, 0.2) is 11.5 Å². The van der Waals surface area contributed by atoms with Crippen LogP contribution in [0.3, 0.4) is 0 Å². The van der Waals surface area contributed by atoms with Gasteiger partial charge in [-0.1, -0.05) is 32.0 Å². The van der Waals surface area contributed by atoms with Crippen molar-refractivity contribution in [2.24, 2.45) is 13.0 Å². The van der Waals surface area contributed by atoms with Crippen LogP contribution in [0.25, 0.3) is 11.0 Å². The molecule has 7 nitrogen and oxygen atoms in total. The predicted octanol–water partition coefficient (Wildman–Crippen LogP) is 3.79.